The van der Waals surface area contributed by atoms with Crippen molar-refractivity contribution in [2.75, 3.05) is 11.1 Å². The van der Waals surface area contributed by atoms with Gasteiger partial charge < -0.3 is 16.4 Å². The van der Waals surface area contributed by atoms with E-state index in [0.29, 0.717) is 17.9 Å². The number of aromatic nitrogens is 2. The zero-order valence-electron chi connectivity index (χ0n) is 11.0. The lowest BCUT2D eigenvalue weighted by molar-refractivity contribution is 0.251. The van der Waals surface area contributed by atoms with Gasteiger partial charge in [-0.15, -0.1) is 0 Å². The van der Waals surface area contributed by atoms with Gasteiger partial charge in [-0.25, -0.2) is 4.79 Å². The van der Waals surface area contributed by atoms with Crippen molar-refractivity contribution in [2.45, 2.75) is 13.5 Å². The highest BCUT2D eigenvalue weighted by Gasteiger charge is 2.06. The molecule has 19 heavy (non-hydrogen) atoms. The SMILES string of the molecule is Cc1c(CNC(=O)Nc2cccc(N)c2)cnn1C. The van der Waals surface area contributed by atoms with Crippen molar-refractivity contribution in [1.82, 2.24) is 15.1 Å². The third-order valence-corrected chi connectivity index (χ3v) is 2.92. The molecule has 2 amide bonds. The van der Waals surface area contributed by atoms with Crippen LogP contribution in [0, 0.1) is 6.92 Å². The van der Waals surface area contributed by atoms with Crippen LogP contribution in [-0.2, 0) is 13.6 Å². The van der Waals surface area contributed by atoms with Crippen molar-refractivity contribution in [3.8, 4) is 0 Å². The molecule has 0 aliphatic rings. The smallest absolute Gasteiger partial charge is 0.319 e. The van der Waals surface area contributed by atoms with Gasteiger partial charge in [0.25, 0.3) is 0 Å². The molecule has 1 aromatic carbocycles. The van der Waals surface area contributed by atoms with Gasteiger partial charge in [0.15, 0.2) is 0 Å². The number of carbonyl (C=O) groups is 1. The zero-order valence-corrected chi connectivity index (χ0v) is 11.0. The predicted octanol–water partition coefficient (Wildman–Crippen LogP) is 1.63. The first-order valence-corrected chi connectivity index (χ1v) is 5.94. The lowest BCUT2D eigenvalue weighted by Crippen LogP contribution is -2.28. The first-order chi connectivity index (χ1) is 9.06. The highest BCUT2D eigenvalue weighted by Crippen LogP contribution is 2.11. The number of benzene rings is 1. The molecule has 0 unspecified atom stereocenters. The Morgan fingerprint density at radius 1 is 1.47 bits per heavy atom. The zero-order chi connectivity index (χ0) is 13.8. The maximum absolute atomic E-state index is 11.7. The topological polar surface area (TPSA) is 85.0 Å². The maximum Gasteiger partial charge on any atom is 0.319 e. The second-order valence-corrected chi connectivity index (χ2v) is 4.31. The van der Waals surface area contributed by atoms with Crippen LogP contribution < -0.4 is 16.4 Å². The molecule has 1 heterocycles. The number of hydrogen-bond donors (Lipinski definition) is 3. The highest BCUT2D eigenvalue weighted by molar-refractivity contribution is 5.89. The van der Waals surface area contributed by atoms with Crippen LogP contribution >= 0.6 is 0 Å². The molecule has 0 fully saturated rings. The van der Waals surface area contributed by atoms with Crippen molar-refractivity contribution in [3.63, 3.8) is 0 Å². The van der Waals surface area contributed by atoms with Gasteiger partial charge in [0.05, 0.1) is 6.20 Å². The van der Waals surface area contributed by atoms with Crippen LogP contribution in [0.25, 0.3) is 0 Å². The third kappa shape index (κ3) is 3.25. The van der Waals surface area contributed by atoms with Crippen molar-refractivity contribution in [3.05, 3.63) is 41.7 Å². The first-order valence-electron chi connectivity index (χ1n) is 5.94. The summed E-state index contributed by atoms with van der Waals surface area (Å²) in [6, 6.07) is 6.77. The number of urea groups is 1. The number of rotatable bonds is 3. The molecule has 0 aliphatic heterocycles. The quantitative estimate of drug-likeness (QED) is 0.732. The Morgan fingerprint density at radius 3 is 2.89 bits per heavy atom. The van der Waals surface area contributed by atoms with Gasteiger partial charge in [0, 0.05) is 36.2 Å². The number of nitrogen functional groups attached to an aromatic ring is 1. The van der Waals surface area contributed by atoms with E-state index >= 15 is 0 Å². The van der Waals surface area contributed by atoms with E-state index in [9.17, 15) is 4.79 Å². The van der Waals surface area contributed by atoms with E-state index in [-0.39, 0.29) is 6.03 Å². The molecule has 6 nitrogen and oxygen atoms in total. The first kappa shape index (κ1) is 12.9. The van der Waals surface area contributed by atoms with Crippen LogP contribution in [0.3, 0.4) is 0 Å². The van der Waals surface area contributed by atoms with E-state index in [1.807, 2.05) is 14.0 Å². The minimum Gasteiger partial charge on any atom is -0.399 e. The molecule has 2 rings (SSSR count). The van der Waals surface area contributed by atoms with Crippen molar-refractivity contribution < 1.29 is 4.79 Å². The van der Waals surface area contributed by atoms with Crippen molar-refractivity contribution >= 4 is 17.4 Å². The fraction of sp³-hybridized carbons (Fsp3) is 0.231. The Kier molecular flexibility index (Phi) is 3.70. The van der Waals surface area contributed by atoms with Crippen LogP contribution in [0.5, 0.6) is 0 Å². The number of anilines is 2. The second kappa shape index (κ2) is 5.43. The number of nitrogens with one attached hydrogen (secondary N) is 2. The maximum atomic E-state index is 11.7. The summed E-state index contributed by atoms with van der Waals surface area (Å²) in [6.07, 6.45) is 1.75. The molecular formula is C13H17N5O. The Labute approximate surface area is 111 Å². The van der Waals surface area contributed by atoms with Crippen LogP contribution in [0.1, 0.15) is 11.3 Å². The summed E-state index contributed by atoms with van der Waals surface area (Å²) in [5, 5.41) is 9.62. The van der Waals surface area contributed by atoms with Crippen LogP contribution in [0.2, 0.25) is 0 Å². The molecule has 6 heteroatoms. The lowest BCUT2D eigenvalue weighted by Gasteiger charge is -2.08. The highest BCUT2D eigenvalue weighted by atomic mass is 16.2. The van der Waals surface area contributed by atoms with Gasteiger partial charge in [0.2, 0.25) is 0 Å². The monoisotopic (exact) mass is 259 g/mol. The normalized spacial score (nSPS) is 10.2. The number of carbonyl (C=O) groups excluding carboxylic acids is 1. The Hall–Kier alpha value is -2.50. The predicted molar refractivity (Wildman–Crippen MR) is 74.7 cm³/mol. The molecule has 2 aromatic rings. The van der Waals surface area contributed by atoms with E-state index in [1.165, 1.54) is 0 Å². The van der Waals surface area contributed by atoms with Crippen molar-refractivity contribution in [2.24, 2.45) is 7.05 Å². The van der Waals surface area contributed by atoms with E-state index < -0.39 is 0 Å². The number of nitrogens with two attached hydrogens (primary N) is 1. The Balaban J connectivity index is 1.90. The van der Waals surface area contributed by atoms with Gasteiger partial charge >= 0.3 is 6.03 Å². The Morgan fingerprint density at radius 2 is 2.26 bits per heavy atom. The summed E-state index contributed by atoms with van der Waals surface area (Å²) < 4.78 is 1.77. The summed E-state index contributed by atoms with van der Waals surface area (Å²) >= 11 is 0. The van der Waals surface area contributed by atoms with E-state index in [4.69, 9.17) is 5.73 Å². The lowest BCUT2D eigenvalue weighted by atomic mass is 10.2. The van der Waals surface area contributed by atoms with Gasteiger partial charge in [-0.2, -0.15) is 5.10 Å². The van der Waals surface area contributed by atoms with E-state index in [2.05, 4.69) is 15.7 Å². The van der Waals surface area contributed by atoms with Gasteiger partial charge in [-0.05, 0) is 25.1 Å². The minimum absolute atomic E-state index is 0.270. The molecule has 0 atom stereocenters. The Bertz CT molecular complexity index is 590. The van der Waals surface area contributed by atoms with E-state index in [0.717, 1.165) is 11.3 Å². The summed E-state index contributed by atoms with van der Waals surface area (Å²) in [7, 11) is 1.87. The fourth-order valence-corrected chi connectivity index (χ4v) is 1.68. The van der Waals surface area contributed by atoms with Gasteiger partial charge in [-0.3, -0.25) is 4.68 Å². The second-order valence-electron chi connectivity index (χ2n) is 4.31. The molecule has 0 radical (unpaired) electrons. The van der Waals surface area contributed by atoms with Crippen LogP contribution in [0.4, 0.5) is 16.2 Å². The average molecular weight is 259 g/mol. The number of aryl methyl sites for hydroxylation is 1. The third-order valence-electron chi connectivity index (χ3n) is 2.92. The molecule has 1 aromatic heterocycles. The summed E-state index contributed by atoms with van der Waals surface area (Å²) in [6.45, 7) is 2.40. The fourth-order valence-electron chi connectivity index (χ4n) is 1.68. The summed E-state index contributed by atoms with van der Waals surface area (Å²) in [4.78, 5) is 11.7. The van der Waals surface area contributed by atoms with Crippen molar-refractivity contribution in [1.29, 1.82) is 0 Å². The molecule has 100 valence electrons. The molecule has 0 spiro atoms. The molecule has 4 N–H and O–H groups in total. The largest absolute Gasteiger partial charge is 0.399 e. The molecule has 0 saturated heterocycles. The minimum atomic E-state index is -0.270. The molecule has 0 aliphatic carbocycles. The standard InChI is InChI=1S/C13H17N5O/c1-9-10(8-16-18(9)2)7-15-13(19)17-12-5-3-4-11(14)6-12/h3-6,8H,7,14H2,1-2H3,(H2,15,17,19). The number of amides is 2. The molecule has 0 bridgehead atoms. The molecular weight excluding hydrogens is 242 g/mol. The van der Waals surface area contributed by atoms with E-state index in [1.54, 1.807) is 35.1 Å². The van der Waals surface area contributed by atoms with Crippen LogP contribution in [0.15, 0.2) is 30.5 Å². The summed E-state index contributed by atoms with van der Waals surface area (Å²) in [5.74, 6) is 0. The van der Waals surface area contributed by atoms with Gasteiger partial charge in [0.1, 0.15) is 0 Å². The van der Waals surface area contributed by atoms with Gasteiger partial charge in [-0.1, -0.05) is 6.07 Å². The number of nitrogens with zero attached hydrogens (tertiary/aromatic N) is 2. The molecule has 0 saturated carbocycles. The average Bonchev–Trinajstić information content (AvgIpc) is 2.68. The number of hydrogen-bond acceptors (Lipinski definition) is 3. The summed E-state index contributed by atoms with van der Waals surface area (Å²) in [5.41, 5.74) is 8.94. The van der Waals surface area contributed by atoms with Crippen LogP contribution in [-0.4, -0.2) is 15.8 Å².